The summed E-state index contributed by atoms with van der Waals surface area (Å²) in [6.45, 7) is 8.59. The zero-order valence-corrected chi connectivity index (χ0v) is 17.8. The van der Waals surface area contributed by atoms with Crippen molar-refractivity contribution in [2.45, 2.75) is 33.6 Å². The molecular weight excluding hydrogens is 357 g/mol. The largest absolute Gasteiger partial charge is 0.220 e. The van der Waals surface area contributed by atoms with Gasteiger partial charge < -0.3 is 0 Å². The fraction of sp³-hybridized carbons (Fsp3) is 0.222. The lowest BCUT2D eigenvalue weighted by molar-refractivity contribution is -0.665. The van der Waals surface area contributed by atoms with Gasteiger partial charge in [0, 0.05) is 18.6 Å². The molecule has 146 valence electrons. The van der Waals surface area contributed by atoms with E-state index in [2.05, 4.69) is 56.7 Å². The second-order valence-corrected chi connectivity index (χ2v) is 8.17. The number of hydrogen-bond donors (Lipinski definition) is 0. The molecule has 2 heteroatoms. The van der Waals surface area contributed by atoms with Crippen LogP contribution in [0.4, 0.5) is 4.39 Å². The zero-order valence-electron chi connectivity index (χ0n) is 17.8. The van der Waals surface area contributed by atoms with Crippen molar-refractivity contribution in [3.63, 3.8) is 0 Å². The lowest BCUT2D eigenvalue weighted by atomic mass is 9.91. The van der Waals surface area contributed by atoms with Gasteiger partial charge in [-0.25, -0.2) is 4.39 Å². The van der Waals surface area contributed by atoms with E-state index in [9.17, 15) is 4.39 Å². The average molecular weight is 385 g/mol. The lowest BCUT2D eigenvalue weighted by Crippen LogP contribution is -2.35. The van der Waals surface area contributed by atoms with Gasteiger partial charge in [-0.05, 0) is 53.1 Å². The molecule has 0 aliphatic heterocycles. The zero-order chi connectivity index (χ0) is 20.7. The molecule has 0 amide bonds. The molecule has 4 rings (SSSR count). The van der Waals surface area contributed by atoms with Crippen LogP contribution in [0.3, 0.4) is 0 Å². The first kappa shape index (κ1) is 19.3. The third-order valence-electron chi connectivity index (χ3n) is 5.89. The number of pyridine rings is 1. The minimum Gasteiger partial charge on any atom is -0.206 e. The van der Waals surface area contributed by atoms with Crippen molar-refractivity contribution in [2.24, 2.45) is 7.05 Å². The van der Waals surface area contributed by atoms with Gasteiger partial charge in [-0.1, -0.05) is 56.3 Å². The number of benzene rings is 3. The van der Waals surface area contributed by atoms with Gasteiger partial charge in [0.2, 0.25) is 5.69 Å². The van der Waals surface area contributed by atoms with E-state index in [-0.39, 0.29) is 5.82 Å². The van der Waals surface area contributed by atoms with Crippen molar-refractivity contribution in [1.29, 1.82) is 0 Å². The van der Waals surface area contributed by atoms with Crippen LogP contribution in [0, 0.1) is 19.7 Å². The summed E-state index contributed by atoms with van der Waals surface area (Å²) < 4.78 is 17.1. The smallest absolute Gasteiger partial charge is 0.206 e. The molecule has 0 saturated carbocycles. The minimum absolute atomic E-state index is 0.181. The van der Waals surface area contributed by atoms with Crippen LogP contribution in [0.5, 0.6) is 0 Å². The Morgan fingerprint density at radius 2 is 1.52 bits per heavy atom. The molecule has 0 aliphatic carbocycles. The van der Waals surface area contributed by atoms with E-state index in [4.69, 9.17) is 0 Å². The molecule has 0 spiro atoms. The number of aryl methyl sites for hydroxylation is 2. The number of halogens is 1. The van der Waals surface area contributed by atoms with E-state index in [0.717, 1.165) is 22.4 Å². The molecule has 1 aromatic heterocycles. The van der Waals surface area contributed by atoms with Gasteiger partial charge in [-0.2, -0.15) is 4.57 Å². The van der Waals surface area contributed by atoms with Crippen LogP contribution < -0.4 is 4.57 Å². The second kappa shape index (κ2) is 7.44. The summed E-state index contributed by atoms with van der Waals surface area (Å²) in [4.78, 5) is 0. The summed E-state index contributed by atoms with van der Waals surface area (Å²) in [7, 11) is 2.09. The molecule has 0 saturated heterocycles. The topological polar surface area (TPSA) is 3.88 Å². The fourth-order valence-corrected chi connectivity index (χ4v) is 4.21. The highest BCUT2D eigenvalue weighted by Gasteiger charge is 2.23. The monoisotopic (exact) mass is 384 g/mol. The van der Waals surface area contributed by atoms with Crippen molar-refractivity contribution in [1.82, 2.24) is 0 Å². The number of nitrogens with zero attached hydrogens (tertiary/aromatic N) is 1. The summed E-state index contributed by atoms with van der Waals surface area (Å²) in [5.41, 5.74) is 7.22. The Balaban J connectivity index is 2.08. The first-order chi connectivity index (χ1) is 13.9. The van der Waals surface area contributed by atoms with E-state index in [1.165, 1.54) is 22.0 Å². The Morgan fingerprint density at radius 3 is 2.21 bits per heavy atom. The van der Waals surface area contributed by atoms with Crippen molar-refractivity contribution < 1.29 is 8.96 Å². The van der Waals surface area contributed by atoms with Crippen molar-refractivity contribution in [3.05, 3.63) is 89.4 Å². The van der Waals surface area contributed by atoms with E-state index in [1.807, 2.05) is 43.3 Å². The average Bonchev–Trinajstić information content (AvgIpc) is 2.70. The molecule has 0 fully saturated rings. The van der Waals surface area contributed by atoms with Crippen molar-refractivity contribution >= 4 is 10.8 Å². The maximum absolute atomic E-state index is 14.9. The molecule has 0 unspecified atom stereocenters. The van der Waals surface area contributed by atoms with Crippen LogP contribution in [0.15, 0.2) is 66.7 Å². The van der Waals surface area contributed by atoms with Crippen LogP contribution >= 0.6 is 0 Å². The van der Waals surface area contributed by atoms with Crippen LogP contribution in [-0.4, -0.2) is 0 Å². The molecule has 29 heavy (non-hydrogen) atoms. The van der Waals surface area contributed by atoms with Crippen LogP contribution in [0.1, 0.15) is 36.6 Å². The summed E-state index contributed by atoms with van der Waals surface area (Å²) in [6, 6.07) is 22.2. The van der Waals surface area contributed by atoms with E-state index < -0.39 is 0 Å². The maximum atomic E-state index is 14.9. The van der Waals surface area contributed by atoms with E-state index >= 15 is 0 Å². The second-order valence-electron chi connectivity index (χ2n) is 8.17. The predicted octanol–water partition coefficient (Wildman–Crippen LogP) is 6.88. The summed E-state index contributed by atoms with van der Waals surface area (Å²) in [5.74, 6) is 0.257. The van der Waals surface area contributed by atoms with Gasteiger partial charge in [0.05, 0.1) is 10.9 Å². The number of hydrogen-bond acceptors (Lipinski definition) is 0. The van der Waals surface area contributed by atoms with Gasteiger partial charge in [0.1, 0.15) is 12.9 Å². The van der Waals surface area contributed by atoms with E-state index in [0.29, 0.717) is 11.5 Å². The number of aromatic nitrogens is 1. The maximum Gasteiger partial charge on any atom is 0.220 e. The highest BCUT2D eigenvalue weighted by molar-refractivity contribution is 5.96. The van der Waals surface area contributed by atoms with Gasteiger partial charge in [-0.3, -0.25) is 0 Å². The Labute approximate surface area is 172 Å². The Kier molecular flexibility index (Phi) is 4.96. The number of fused-ring (bicyclic) bond motifs is 1. The Bertz CT molecular complexity index is 1210. The highest BCUT2D eigenvalue weighted by Crippen LogP contribution is 2.36. The first-order valence-electron chi connectivity index (χ1n) is 10.2. The molecule has 0 aliphatic rings. The van der Waals surface area contributed by atoms with E-state index in [1.54, 1.807) is 6.07 Å². The Hall–Kier alpha value is -3.00. The molecule has 1 nitrogen and oxygen atoms in total. The van der Waals surface area contributed by atoms with Gasteiger partial charge in [0.25, 0.3) is 0 Å². The third-order valence-corrected chi connectivity index (χ3v) is 5.89. The molecule has 0 N–H and O–H groups in total. The Morgan fingerprint density at radius 1 is 0.793 bits per heavy atom. The number of rotatable bonds is 3. The normalized spacial score (nSPS) is 11.4. The van der Waals surface area contributed by atoms with Crippen LogP contribution in [0.2, 0.25) is 0 Å². The predicted molar refractivity (Wildman–Crippen MR) is 120 cm³/mol. The van der Waals surface area contributed by atoms with Gasteiger partial charge in [0.15, 0.2) is 5.69 Å². The molecular formula is C27H27FN+. The van der Waals surface area contributed by atoms with Gasteiger partial charge in [-0.15, -0.1) is 0 Å². The SMILES string of the molecule is Cc1cc(F)c(-c2ccccc2)cc1-c1c2cccc(C(C)C)c2cc(C)[n+]1C. The molecule has 0 radical (unpaired) electrons. The molecule has 1 heterocycles. The molecule has 3 aromatic carbocycles. The summed E-state index contributed by atoms with van der Waals surface area (Å²) >= 11 is 0. The molecule has 4 aromatic rings. The highest BCUT2D eigenvalue weighted by atomic mass is 19.1. The minimum atomic E-state index is -0.181. The lowest BCUT2D eigenvalue weighted by Gasteiger charge is -2.15. The molecule has 0 bridgehead atoms. The van der Waals surface area contributed by atoms with Crippen LogP contribution in [-0.2, 0) is 7.05 Å². The van der Waals surface area contributed by atoms with Gasteiger partial charge >= 0.3 is 0 Å². The summed E-state index contributed by atoms with van der Waals surface area (Å²) in [6.07, 6.45) is 0. The van der Waals surface area contributed by atoms with Crippen molar-refractivity contribution in [3.8, 4) is 22.4 Å². The quantitative estimate of drug-likeness (QED) is 0.339. The molecule has 0 atom stereocenters. The fourth-order valence-electron chi connectivity index (χ4n) is 4.21. The van der Waals surface area contributed by atoms with Crippen molar-refractivity contribution in [2.75, 3.05) is 0 Å². The van der Waals surface area contributed by atoms with Crippen LogP contribution in [0.25, 0.3) is 33.2 Å². The first-order valence-corrected chi connectivity index (χ1v) is 10.2. The summed E-state index contributed by atoms with van der Waals surface area (Å²) in [5, 5.41) is 2.48. The third kappa shape index (κ3) is 3.33. The standard InChI is InChI=1S/C27H27FN/c1-17(2)21-12-9-13-22-25(21)15-19(4)29(5)27(22)23-16-24(26(28)14-18(23)3)20-10-7-6-8-11-20/h6-17H,1-5H3/q+1.